The van der Waals surface area contributed by atoms with Crippen LogP contribution in [0.2, 0.25) is 0 Å². The molecule has 1 saturated heterocycles. The normalized spacial score (nSPS) is 27.0. The van der Waals surface area contributed by atoms with Crippen LogP contribution in [0.4, 0.5) is 0 Å². The van der Waals surface area contributed by atoms with E-state index in [0.717, 1.165) is 11.1 Å². The first-order valence-electron chi connectivity index (χ1n) is 12.4. The van der Waals surface area contributed by atoms with Crippen LogP contribution in [0, 0.1) is 13.8 Å². The SMILES string of the molecule is Cc1cc(C)c2c(c1)OCC[C@@H]1OC(C)(C)O[C@@H]1C(OC(=O)c1ccccc1)/C=C\C[C@H](C)OC2=O. The smallest absolute Gasteiger partial charge is 0.342 e. The Labute approximate surface area is 212 Å². The molecule has 0 radical (unpaired) electrons. The highest BCUT2D eigenvalue weighted by atomic mass is 16.8. The van der Waals surface area contributed by atoms with Crippen molar-refractivity contribution in [2.24, 2.45) is 0 Å². The maximum absolute atomic E-state index is 13.0. The Bertz CT molecular complexity index is 1120. The van der Waals surface area contributed by atoms with Crippen LogP contribution < -0.4 is 4.74 Å². The average Bonchev–Trinajstić information content (AvgIpc) is 3.12. The van der Waals surface area contributed by atoms with Gasteiger partial charge in [-0.1, -0.05) is 30.3 Å². The molecule has 192 valence electrons. The van der Waals surface area contributed by atoms with E-state index in [1.165, 1.54) is 0 Å². The van der Waals surface area contributed by atoms with E-state index in [9.17, 15) is 9.59 Å². The molecular weight excluding hydrogens is 460 g/mol. The number of esters is 2. The van der Waals surface area contributed by atoms with E-state index in [0.29, 0.717) is 29.7 Å². The second-order valence-corrected chi connectivity index (χ2v) is 9.85. The highest BCUT2D eigenvalue weighted by molar-refractivity contribution is 5.94. The maximum Gasteiger partial charge on any atom is 0.342 e. The second kappa shape index (κ2) is 10.8. The Morgan fingerprint density at radius 3 is 2.58 bits per heavy atom. The third-order valence-electron chi connectivity index (χ3n) is 6.21. The lowest BCUT2D eigenvalue weighted by Crippen LogP contribution is -2.38. The number of aryl methyl sites for hydroxylation is 2. The Kier molecular flexibility index (Phi) is 7.81. The predicted octanol–water partition coefficient (Wildman–Crippen LogP) is 5.32. The fourth-order valence-corrected chi connectivity index (χ4v) is 4.63. The molecule has 2 aromatic rings. The highest BCUT2D eigenvalue weighted by Crippen LogP contribution is 2.34. The first kappa shape index (κ1) is 25.9. The van der Waals surface area contributed by atoms with Crippen molar-refractivity contribution in [1.29, 1.82) is 0 Å². The molecule has 0 bridgehead atoms. The van der Waals surface area contributed by atoms with Gasteiger partial charge in [0.05, 0.1) is 18.3 Å². The van der Waals surface area contributed by atoms with E-state index in [4.69, 9.17) is 23.7 Å². The molecule has 2 aliphatic rings. The molecule has 0 aromatic heterocycles. The topological polar surface area (TPSA) is 80.3 Å². The lowest BCUT2D eigenvalue weighted by atomic mass is 10.0. The molecule has 2 heterocycles. The summed E-state index contributed by atoms with van der Waals surface area (Å²) in [6, 6.07) is 12.6. The summed E-state index contributed by atoms with van der Waals surface area (Å²) in [6.07, 6.45) is 2.54. The molecule has 2 aromatic carbocycles. The third-order valence-corrected chi connectivity index (χ3v) is 6.21. The zero-order valence-electron chi connectivity index (χ0n) is 21.5. The number of ether oxygens (including phenoxy) is 5. The van der Waals surface area contributed by atoms with Gasteiger partial charge in [0.1, 0.15) is 29.6 Å². The Morgan fingerprint density at radius 1 is 1.08 bits per heavy atom. The van der Waals surface area contributed by atoms with Crippen molar-refractivity contribution >= 4 is 11.9 Å². The van der Waals surface area contributed by atoms with Crippen molar-refractivity contribution in [3.8, 4) is 5.75 Å². The van der Waals surface area contributed by atoms with E-state index in [1.807, 2.05) is 58.9 Å². The third kappa shape index (κ3) is 6.15. The Balaban J connectivity index is 1.64. The molecule has 7 nitrogen and oxygen atoms in total. The number of hydrogen-bond donors (Lipinski definition) is 0. The van der Waals surface area contributed by atoms with Crippen LogP contribution in [-0.4, -0.2) is 48.7 Å². The molecule has 4 atom stereocenters. The summed E-state index contributed by atoms with van der Waals surface area (Å²) in [5, 5.41) is 0. The van der Waals surface area contributed by atoms with Crippen molar-refractivity contribution in [3.63, 3.8) is 0 Å². The van der Waals surface area contributed by atoms with Gasteiger partial charge in [-0.3, -0.25) is 0 Å². The minimum Gasteiger partial charge on any atom is -0.493 e. The molecular formula is C29H34O7. The predicted molar refractivity (Wildman–Crippen MR) is 134 cm³/mol. The standard InChI is InChI=1S/C29H34O7/c1-18-16-19(2)25-24(17-18)32-15-14-23-26(36-29(4,5)35-23)22(13-9-10-20(3)33-28(25)31)34-27(30)21-11-7-6-8-12-21/h6-9,11-13,16-17,20,22-23,26H,10,14-15H2,1-5H3/b13-9-/t20-,22?,23-,26+/m0/s1. The summed E-state index contributed by atoms with van der Waals surface area (Å²) in [5.41, 5.74) is 2.68. The lowest BCUT2D eigenvalue weighted by Gasteiger charge is -2.25. The number of benzene rings is 2. The largest absolute Gasteiger partial charge is 0.493 e. The molecule has 0 saturated carbocycles. The summed E-state index contributed by atoms with van der Waals surface area (Å²) in [6.45, 7) is 9.62. The van der Waals surface area contributed by atoms with Gasteiger partial charge in [0.25, 0.3) is 0 Å². The number of carbonyl (C=O) groups excluding carboxylic acids is 2. The van der Waals surface area contributed by atoms with Crippen LogP contribution >= 0.6 is 0 Å². The molecule has 7 heteroatoms. The van der Waals surface area contributed by atoms with Crippen LogP contribution in [0.5, 0.6) is 5.75 Å². The number of fused-ring (bicyclic) bond motifs is 2. The summed E-state index contributed by atoms with van der Waals surface area (Å²) in [4.78, 5) is 25.9. The monoisotopic (exact) mass is 494 g/mol. The van der Waals surface area contributed by atoms with Gasteiger partial charge < -0.3 is 23.7 Å². The molecule has 0 amide bonds. The van der Waals surface area contributed by atoms with Crippen molar-refractivity contribution in [2.45, 2.75) is 77.7 Å². The molecule has 0 spiro atoms. The molecule has 0 aliphatic carbocycles. The van der Waals surface area contributed by atoms with Gasteiger partial charge in [-0.25, -0.2) is 9.59 Å². The number of carbonyl (C=O) groups is 2. The summed E-state index contributed by atoms with van der Waals surface area (Å²) < 4.78 is 30.1. The van der Waals surface area contributed by atoms with Crippen molar-refractivity contribution in [2.75, 3.05) is 6.61 Å². The van der Waals surface area contributed by atoms with Crippen LogP contribution in [0.1, 0.15) is 65.5 Å². The van der Waals surface area contributed by atoms with E-state index in [2.05, 4.69) is 0 Å². The molecule has 1 fully saturated rings. The molecule has 36 heavy (non-hydrogen) atoms. The van der Waals surface area contributed by atoms with Gasteiger partial charge in [-0.2, -0.15) is 0 Å². The van der Waals surface area contributed by atoms with Gasteiger partial charge in [0.15, 0.2) is 5.79 Å². The van der Waals surface area contributed by atoms with Crippen LogP contribution in [0.3, 0.4) is 0 Å². The first-order valence-corrected chi connectivity index (χ1v) is 12.4. The zero-order chi connectivity index (χ0) is 25.9. The summed E-state index contributed by atoms with van der Waals surface area (Å²) in [5.74, 6) is -1.24. The fraction of sp³-hybridized carbons (Fsp3) is 0.448. The van der Waals surface area contributed by atoms with Crippen molar-refractivity contribution in [3.05, 3.63) is 76.9 Å². The second-order valence-electron chi connectivity index (χ2n) is 9.85. The Morgan fingerprint density at radius 2 is 1.83 bits per heavy atom. The lowest BCUT2D eigenvalue weighted by molar-refractivity contribution is -0.153. The van der Waals surface area contributed by atoms with Gasteiger partial charge in [0, 0.05) is 12.8 Å². The quantitative estimate of drug-likeness (QED) is 0.413. The minimum absolute atomic E-state index is 0.280. The first-order chi connectivity index (χ1) is 17.1. The van der Waals surface area contributed by atoms with E-state index in [1.54, 1.807) is 30.3 Å². The van der Waals surface area contributed by atoms with E-state index >= 15 is 0 Å². The van der Waals surface area contributed by atoms with E-state index in [-0.39, 0.29) is 12.7 Å². The fourth-order valence-electron chi connectivity index (χ4n) is 4.63. The molecule has 0 N–H and O–H groups in total. The van der Waals surface area contributed by atoms with Gasteiger partial charge in [0.2, 0.25) is 0 Å². The van der Waals surface area contributed by atoms with Crippen molar-refractivity contribution in [1.82, 2.24) is 0 Å². The number of cyclic esters (lactones) is 1. The minimum atomic E-state index is -0.855. The van der Waals surface area contributed by atoms with Crippen LogP contribution in [0.15, 0.2) is 54.6 Å². The van der Waals surface area contributed by atoms with Gasteiger partial charge in [-0.15, -0.1) is 0 Å². The van der Waals surface area contributed by atoms with Crippen LogP contribution in [0.25, 0.3) is 0 Å². The summed E-state index contributed by atoms with van der Waals surface area (Å²) in [7, 11) is 0. The molecule has 4 rings (SSSR count). The average molecular weight is 495 g/mol. The van der Waals surface area contributed by atoms with Crippen LogP contribution in [-0.2, 0) is 18.9 Å². The Hall–Kier alpha value is -3.16. The zero-order valence-corrected chi connectivity index (χ0v) is 21.5. The summed E-state index contributed by atoms with van der Waals surface area (Å²) >= 11 is 0. The highest BCUT2D eigenvalue weighted by Gasteiger charge is 2.46. The van der Waals surface area contributed by atoms with Crippen molar-refractivity contribution < 1.29 is 33.3 Å². The number of rotatable bonds is 2. The number of hydrogen-bond acceptors (Lipinski definition) is 7. The molecule has 1 unspecified atom stereocenters. The van der Waals surface area contributed by atoms with Gasteiger partial charge in [-0.05, 0) is 70.0 Å². The maximum atomic E-state index is 13.0. The van der Waals surface area contributed by atoms with Gasteiger partial charge >= 0.3 is 11.9 Å². The molecule has 2 aliphatic heterocycles. The van der Waals surface area contributed by atoms with E-state index < -0.39 is 36.0 Å².